The lowest BCUT2D eigenvalue weighted by atomic mass is 10.0. The van der Waals surface area contributed by atoms with E-state index in [9.17, 15) is 4.79 Å². The minimum absolute atomic E-state index is 0. The van der Waals surface area contributed by atoms with Crippen LogP contribution in [0.25, 0.3) is 0 Å². The van der Waals surface area contributed by atoms with Gasteiger partial charge < -0.3 is 10.6 Å². The highest BCUT2D eigenvalue weighted by molar-refractivity contribution is 5.93. The van der Waals surface area contributed by atoms with E-state index < -0.39 is 0 Å². The number of hydrogen-bond acceptors (Lipinski definition) is 6. The Balaban J connectivity index is 0.00000169. The van der Waals surface area contributed by atoms with E-state index in [1.165, 1.54) is 0 Å². The van der Waals surface area contributed by atoms with Gasteiger partial charge in [0.05, 0.1) is 0 Å². The second-order valence-corrected chi connectivity index (χ2v) is 6.42. The van der Waals surface area contributed by atoms with E-state index >= 15 is 0 Å². The zero-order chi connectivity index (χ0) is 17.3. The third kappa shape index (κ3) is 3.50. The van der Waals surface area contributed by atoms with Gasteiger partial charge in [-0.15, -0.1) is 10.2 Å². The summed E-state index contributed by atoms with van der Waals surface area (Å²) in [5.74, 6) is 2.58. The number of anilines is 2. The van der Waals surface area contributed by atoms with Crippen molar-refractivity contribution in [2.45, 2.75) is 45.4 Å². The molecule has 0 aliphatic heterocycles. The van der Waals surface area contributed by atoms with E-state index in [-0.39, 0.29) is 14.7 Å². The largest absolute Gasteiger partial charge is 0.354 e. The highest BCUT2D eigenvalue weighted by Crippen LogP contribution is 2.38. The lowest BCUT2D eigenvalue weighted by Crippen LogP contribution is -2.22. The van der Waals surface area contributed by atoms with Crippen molar-refractivity contribution in [2.24, 2.45) is 0 Å². The summed E-state index contributed by atoms with van der Waals surface area (Å²) in [6.45, 7) is 6.00. The molecule has 7 nitrogen and oxygen atoms in total. The molecule has 2 aromatic rings. The van der Waals surface area contributed by atoms with E-state index in [0.717, 1.165) is 29.9 Å². The lowest BCUT2D eigenvalue weighted by molar-refractivity contribution is 0.0955. The number of amides is 1. The second kappa shape index (κ2) is 6.51. The molecule has 1 saturated carbocycles. The van der Waals surface area contributed by atoms with Gasteiger partial charge in [0.25, 0.3) is 5.91 Å². The van der Waals surface area contributed by atoms with Gasteiger partial charge in [0, 0.05) is 27.6 Å². The summed E-state index contributed by atoms with van der Waals surface area (Å²) in [4.78, 5) is 21.0. The smallest absolute Gasteiger partial charge is 0.271 e. The van der Waals surface area contributed by atoms with Crippen LogP contribution >= 0.6 is 0 Å². The number of nitrogens with zero attached hydrogens (tertiary/aromatic N) is 4. The molecule has 0 aromatic carbocycles. The zero-order valence-corrected chi connectivity index (χ0v) is 14.4. The summed E-state index contributed by atoms with van der Waals surface area (Å²) in [6.07, 6.45) is 2.31. The minimum atomic E-state index is -0.230. The van der Waals surface area contributed by atoms with Crippen LogP contribution in [0.5, 0.6) is 0 Å². The first kappa shape index (κ1) is 16.3. The van der Waals surface area contributed by atoms with Gasteiger partial charge in [0.2, 0.25) is 0 Å². The summed E-state index contributed by atoms with van der Waals surface area (Å²) < 4.78 is 0. The summed E-state index contributed by atoms with van der Waals surface area (Å²) >= 11 is 0. The van der Waals surface area contributed by atoms with Crippen LogP contribution in [0.15, 0.2) is 12.1 Å². The number of hydrogen-bond donors (Lipinski definition) is 2. The standard InChI is InChI=1S/C17H22N6O.2H2/c1-9(2)12-8-14(22-23-15(12)17(24)18-4)20-13-7-10(3)19-16(21-13)11-5-6-11;;/h7-9,11H,5-6H2,1-4H3,(H,18,24)(H,19,20,21,22);2*1H. The molecule has 130 valence electrons. The summed E-state index contributed by atoms with van der Waals surface area (Å²) in [6, 6.07) is 3.74. The Kier molecular flexibility index (Phi) is 4.42. The third-order valence-electron chi connectivity index (χ3n) is 3.96. The molecule has 1 aliphatic rings. The van der Waals surface area contributed by atoms with Crippen LogP contribution < -0.4 is 10.6 Å². The fraction of sp³-hybridized carbons (Fsp3) is 0.471. The maximum atomic E-state index is 11.9. The predicted octanol–water partition coefficient (Wildman–Crippen LogP) is 3.17. The van der Waals surface area contributed by atoms with Crippen LogP contribution in [-0.2, 0) is 0 Å². The first-order valence-electron chi connectivity index (χ1n) is 8.20. The molecule has 2 N–H and O–H groups in total. The molecule has 3 rings (SSSR count). The molecule has 0 spiro atoms. The van der Waals surface area contributed by atoms with Gasteiger partial charge in [-0.05, 0) is 37.3 Å². The molecule has 2 heterocycles. The molecular formula is C17H26N6O. The minimum Gasteiger partial charge on any atom is -0.354 e. The molecule has 2 aromatic heterocycles. The van der Waals surface area contributed by atoms with Crippen molar-refractivity contribution in [3.05, 3.63) is 34.9 Å². The van der Waals surface area contributed by atoms with E-state index in [1.807, 2.05) is 32.9 Å². The van der Waals surface area contributed by atoms with Crippen molar-refractivity contribution >= 4 is 17.5 Å². The van der Waals surface area contributed by atoms with Gasteiger partial charge in [-0.2, -0.15) is 0 Å². The summed E-state index contributed by atoms with van der Waals surface area (Å²) in [5, 5.41) is 14.0. The molecule has 0 atom stereocenters. The SMILES string of the molecule is CNC(=O)c1nnc(Nc2cc(C)nc(C3CC3)n2)cc1C(C)C.[HH].[HH]. The number of aryl methyl sites for hydroxylation is 1. The van der Waals surface area contributed by atoms with E-state index in [0.29, 0.717) is 23.2 Å². The summed E-state index contributed by atoms with van der Waals surface area (Å²) in [7, 11) is 1.59. The van der Waals surface area contributed by atoms with Crippen LogP contribution in [0.3, 0.4) is 0 Å². The number of carbonyl (C=O) groups is 1. The normalized spacial score (nSPS) is 13.9. The highest BCUT2D eigenvalue weighted by Gasteiger charge is 2.27. The first-order valence-corrected chi connectivity index (χ1v) is 8.20. The average Bonchev–Trinajstić information content (AvgIpc) is 3.38. The fourth-order valence-corrected chi connectivity index (χ4v) is 2.51. The molecule has 7 heteroatoms. The van der Waals surface area contributed by atoms with Crippen LogP contribution in [0.1, 0.15) is 68.9 Å². The Morgan fingerprint density at radius 1 is 1.21 bits per heavy atom. The Hall–Kier alpha value is -2.57. The Labute approximate surface area is 144 Å². The average molecular weight is 330 g/mol. The molecule has 0 radical (unpaired) electrons. The predicted molar refractivity (Wildman–Crippen MR) is 95.8 cm³/mol. The second-order valence-electron chi connectivity index (χ2n) is 6.42. The first-order chi connectivity index (χ1) is 11.5. The Bertz CT molecular complexity index is 780. The third-order valence-corrected chi connectivity index (χ3v) is 3.96. The lowest BCUT2D eigenvalue weighted by Gasteiger charge is -2.13. The monoisotopic (exact) mass is 330 g/mol. The van der Waals surface area contributed by atoms with Gasteiger partial charge >= 0.3 is 0 Å². The van der Waals surface area contributed by atoms with Gasteiger partial charge in [0.1, 0.15) is 11.6 Å². The highest BCUT2D eigenvalue weighted by atomic mass is 16.1. The molecule has 1 fully saturated rings. The zero-order valence-electron chi connectivity index (χ0n) is 14.4. The molecule has 1 aliphatic carbocycles. The van der Waals surface area contributed by atoms with Crippen LogP contribution in [0.2, 0.25) is 0 Å². The van der Waals surface area contributed by atoms with Crippen molar-refractivity contribution in [1.29, 1.82) is 0 Å². The molecule has 0 unspecified atom stereocenters. The number of carbonyl (C=O) groups excluding carboxylic acids is 1. The van der Waals surface area contributed by atoms with E-state index in [4.69, 9.17) is 0 Å². The molecule has 0 bridgehead atoms. The van der Waals surface area contributed by atoms with Crippen molar-refractivity contribution in [3.8, 4) is 0 Å². The summed E-state index contributed by atoms with van der Waals surface area (Å²) in [5.41, 5.74) is 2.13. The van der Waals surface area contributed by atoms with Crippen LogP contribution in [0.4, 0.5) is 11.6 Å². The van der Waals surface area contributed by atoms with Gasteiger partial charge in [0.15, 0.2) is 11.5 Å². The van der Waals surface area contributed by atoms with Crippen LogP contribution in [0, 0.1) is 6.92 Å². The molecular weight excluding hydrogens is 304 g/mol. The molecule has 1 amide bonds. The Morgan fingerprint density at radius 2 is 1.96 bits per heavy atom. The van der Waals surface area contributed by atoms with Crippen molar-refractivity contribution in [3.63, 3.8) is 0 Å². The van der Waals surface area contributed by atoms with Gasteiger partial charge in [-0.1, -0.05) is 13.8 Å². The number of rotatable bonds is 5. The fourth-order valence-electron chi connectivity index (χ4n) is 2.51. The topological polar surface area (TPSA) is 92.7 Å². The van der Waals surface area contributed by atoms with Gasteiger partial charge in [-0.25, -0.2) is 9.97 Å². The van der Waals surface area contributed by atoms with Crippen molar-refractivity contribution in [2.75, 3.05) is 12.4 Å². The van der Waals surface area contributed by atoms with E-state index in [2.05, 4.69) is 30.8 Å². The number of aromatic nitrogens is 4. The Morgan fingerprint density at radius 3 is 2.58 bits per heavy atom. The maximum Gasteiger partial charge on any atom is 0.271 e. The van der Waals surface area contributed by atoms with Crippen LogP contribution in [-0.4, -0.2) is 33.1 Å². The van der Waals surface area contributed by atoms with Crippen molar-refractivity contribution in [1.82, 2.24) is 25.5 Å². The maximum absolute atomic E-state index is 11.9. The molecule has 0 saturated heterocycles. The number of nitrogens with one attached hydrogen (secondary N) is 2. The molecule has 24 heavy (non-hydrogen) atoms. The quantitative estimate of drug-likeness (QED) is 0.874. The van der Waals surface area contributed by atoms with Crippen molar-refractivity contribution < 1.29 is 7.65 Å². The van der Waals surface area contributed by atoms with E-state index in [1.54, 1.807) is 7.05 Å². The van der Waals surface area contributed by atoms with Gasteiger partial charge in [-0.3, -0.25) is 4.79 Å².